The van der Waals surface area contributed by atoms with E-state index < -0.39 is 9.84 Å². The molecule has 0 aliphatic rings. The zero-order valence-corrected chi connectivity index (χ0v) is 8.87. The van der Waals surface area contributed by atoms with Crippen LogP contribution in [0.15, 0.2) is 0 Å². The predicted molar refractivity (Wildman–Crippen MR) is 50.6 cm³/mol. The van der Waals surface area contributed by atoms with Gasteiger partial charge in [-0.2, -0.15) is 0 Å². The molecule has 0 fully saturated rings. The van der Waals surface area contributed by atoms with Gasteiger partial charge in [-0.3, -0.25) is 0 Å². The van der Waals surface area contributed by atoms with Crippen LogP contribution in [0, 0.1) is 0 Å². The maximum absolute atomic E-state index is 10.8. The molecule has 0 bridgehead atoms. The van der Waals surface area contributed by atoms with Gasteiger partial charge in [-0.25, -0.2) is 8.42 Å². The topological polar surface area (TPSA) is 34.1 Å². The first-order chi connectivity index (χ1) is 5.12. The first-order valence-corrected chi connectivity index (χ1v) is 6.15. The van der Waals surface area contributed by atoms with Gasteiger partial charge in [0, 0.05) is 11.5 Å². The van der Waals surface area contributed by atoms with Crippen LogP contribution >= 0.6 is 0 Å². The summed E-state index contributed by atoms with van der Waals surface area (Å²) in [5.41, 5.74) is 0. The first kappa shape index (κ1) is 13.5. The maximum Gasteiger partial charge on any atom is 0.150 e. The summed E-state index contributed by atoms with van der Waals surface area (Å²) < 4.78 is 21.7. The minimum atomic E-state index is -2.68. The molecule has 0 rings (SSSR count). The van der Waals surface area contributed by atoms with Crippen molar-refractivity contribution in [2.45, 2.75) is 40.5 Å². The van der Waals surface area contributed by atoms with E-state index in [4.69, 9.17) is 0 Å². The largest absolute Gasteiger partial charge is 0.229 e. The summed E-state index contributed by atoms with van der Waals surface area (Å²) in [6.07, 6.45) is 1.48. The number of hydrogen-bond donors (Lipinski definition) is 0. The van der Waals surface area contributed by atoms with E-state index >= 15 is 0 Å². The summed E-state index contributed by atoms with van der Waals surface area (Å²) in [7, 11) is -2.68. The average Bonchev–Trinajstić information content (AvgIpc) is 1.91. The molecule has 0 aromatic heterocycles. The van der Waals surface area contributed by atoms with Crippen molar-refractivity contribution in [1.29, 1.82) is 0 Å². The molecule has 0 aromatic carbocycles. The molecule has 0 saturated heterocycles. The van der Waals surface area contributed by atoms with Crippen LogP contribution in [0.3, 0.4) is 0 Å². The van der Waals surface area contributed by atoms with Crippen molar-refractivity contribution < 1.29 is 8.42 Å². The van der Waals surface area contributed by atoms with E-state index in [1.165, 1.54) is 0 Å². The van der Waals surface area contributed by atoms with Crippen molar-refractivity contribution in [3.05, 3.63) is 0 Å². The third kappa shape index (κ3) is 9.95. The van der Waals surface area contributed by atoms with Gasteiger partial charge in [-0.05, 0) is 12.8 Å². The van der Waals surface area contributed by atoms with Crippen LogP contribution in [-0.4, -0.2) is 19.9 Å². The molecule has 0 spiro atoms. The van der Waals surface area contributed by atoms with Gasteiger partial charge in [0.2, 0.25) is 0 Å². The minimum absolute atomic E-state index is 0.348. The van der Waals surface area contributed by atoms with E-state index in [2.05, 4.69) is 0 Å². The zero-order valence-electron chi connectivity index (χ0n) is 8.05. The second-order valence-corrected chi connectivity index (χ2v) is 4.46. The van der Waals surface area contributed by atoms with E-state index in [-0.39, 0.29) is 0 Å². The average molecular weight is 180 g/mol. The lowest BCUT2D eigenvalue weighted by molar-refractivity contribution is 0.593. The van der Waals surface area contributed by atoms with Crippen molar-refractivity contribution in [2.24, 2.45) is 0 Å². The summed E-state index contributed by atoms with van der Waals surface area (Å²) >= 11 is 0. The van der Waals surface area contributed by atoms with Gasteiger partial charge < -0.3 is 0 Å². The number of hydrogen-bond acceptors (Lipinski definition) is 2. The molecule has 70 valence electrons. The Morgan fingerprint density at radius 2 is 1.18 bits per heavy atom. The Morgan fingerprint density at radius 3 is 1.36 bits per heavy atom. The third-order valence-electron chi connectivity index (χ3n) is 1.03. The van der Waals surface area contributed by atoms with E-state index in [9.17, 15) is 8.42 Å². The second kappa shape index (κ2) is 8.05. The Hall–Kier alpha value is -0.0500. The normalized spacial score (nSPS) is 10.2. The minimum Gasteiger partial charge on any atom is -0.229 e. The molecule has 0 aliphatic heterocycles. The van der Waals surface area contributed by atoms with Gasteiger partial charge in [-0.1, -0.05) is 27.7 Å². The van der Waals surface area contributed by atoms with Crippen LogP contribution in [0.5, 0.6) is 0 Å². The smallest absolute Gasteiger partial charge is 0.150 e. The van der Waals surface area contributed by atoms with Gasteiger partial charge >= 0.3 is 0 Å². The highest BCUT2D eigenvalue weighted by atomic mass is 32.2. The van der Waals surface area contributed by atoms with Gasteiger partial charge in [0.25, 0.3) is 0 Å². The molecule has 3 heteroatoms. The van der Waals surface area contributed by atoms with Crippen molar-refractivity contribution in [3.8, 4) is 0 Å². The molecule has 0 atom stereocenters. The highest BCUT2D eigenvalue weighted by molar-refractivity contribution is 7.91. The molecule has 0 aromatic rings. The lowest BCUT2D eigenvalue weighted by Gasteiger charge is -1.96. The molecular formula is C8H20O2S. The summed E-state index contributed by atoms with van der Waals surface area (Å²) in [5, 5.41) is 0. The fraction of sp³-hybridized carbons (Fsp3) is 1.00. The van der Waals surface area contributed by atoms with Crippen LogP contribution < -0.4 is 0 Å². The molecular weight excluding hydrogens is 160 g/mol. The van der Waals surface area contributed by atoms with E-state index in [1.54, 1.807) is 0 Å². The van der Waals surface area contributed by atoms with Gasteiger partial charge in [-0.15, -0.1) is 0 Å². The molecule has 0 amide bonds. The fourth-order valence-electron chi connectivity index (χ4n) is 0.724. The quantitative estimate of drug-likeness (QED) is 0.665. The van der Waals surface area contributed by atoms with Gasteiger partial charge in [0.1, 0.15) is 9.84 Å². The Labute approximate surface area is 70.9 Å². The Morgan fingerprint density at radius 1 is 0.909 bits per heavy atom. The van der Waals surface area contributed by atoms with Crippen molar-refractivity contribution in [2.75, 3.05) is 11.5 Å². The standard InChI is InChI=1S/C6H14O2S.C2H6/c1-3-5-9(7,8)6-4-2;1-2/h3-6H2,1-2H3;1-2H3. The first-order valence-electron chi connectivity index (χ1n) is 4.32. The third-order valence-corrected chi connectivity index (χ3v) is 3.09. The Kier molecular flexibility index (Phi) is 9.90. The Bertz CT molecular complexity index is 135. The lowest BCUT2D eigenvalue weighted by Crippen LogP contribution is -2.08. The van der Waals surface area contributed by atoms with Gasteiger partial charge in [0.05, 0.1) is 0 Å². The van der Waals surface area contributed by atoms with Crippen molar-refractivity contribution in [3.63, 3.8) is 0 Å². The maximum atomic E-state index is 10.8. The SMILES string of the molecule is CC.CCCS(=O)(=O)CCC. The Balaban J connectivity index is 0. The van der Waals surface area contributed by atoms with Crippen LogP contribution in [0.1, 0.15) is 40.5 Å². The summed E-state index contributed by atoms with van der Waals surface area (Å²) in [4.78, 5) is 0. The van der Waals surface area contributed by atoms with Crippen LogP contribution in [-0.2, 0) is 9.84 Å². The summed E-state index contributed by atoms with van der Waals surface area (Å²) in [6, 6.07) is 0. The zero-order chi connectivity index (χ0) is 9.33. The molecule has 0 aliphatic carbocycles. The molecule has 0 heterocycles. The van der Waals surface area contributed by atoms with Gasteiger partial charge in [0.15, 0.2) is 0 Å². The van der Waals surface area contributed by atoms with E-state index in [1.807, 2.05) is 27.7 Å². The molecule has 0 N–H and O–H groups in total. The molecule has 11 heavy (non-hydrogen) atoms. The molecule has 2 nitrogen and oxygen atoms in total. The fourth-order valence-corrected chi connectivity index (χ4v) is 2.17. The lowest BCUT2D eigenvalue weighted by atomic mass is 10.6. The van der Waals surface area contributed by atoms with Crippen LogP contribution in [0.2, 0.25) is 0 Å². The number of sulfone groups is 1. The number of rotatable bonds is 4. The van der Waals surface area contributed by atoms with Crippen molar-refractivity contribution >= 4 is 9.84 Å². The second-order valence-electron chi connectivity index (χ2n) is 2.15. The van der Waals surface area contributed by atoms with Crippen LogP contribution in [0.25, 0.3) is 0 Å². The monoisotopic (exact) mass is 180 g/mol. The highest BCUT2D eigenvalue weighted by Crippen LogP contribution is 1.94. The highest BCUT2D eigenvalue weighted by Gasteiger charge is 2.05. The van der Waals surface area contributed by atoms with E-state index in [0.29, 0.717) is 11.5 Å². The molecule has 0 unspecified atom stereocenters. The predicted octanol–water partition coefficient (Wildman–Crippen LogP) is 2.25. The molecule has 0 radical (unpaired) electrons. The van der Waals surface area contributed by atoms with E-state index in [0.717, 1.165) is 12.8 Å². The molecule has 0 saturated carbocycles. The van der Waals surface area contributed by atoms with Crippen LogP contribution in [0.4, 0.5) is 0 Å². The summed E-state index contributed by atoms with van der Waals surface area (Å²) in [6.45, 7) is 7.76. The van der Waals surface area contributed by atoms with Crippen molar-refractivity contribution in [1.82, 2.24) is 0 Å². The summed E-state index contributed by atoms with van der Waals surface area (Å²) in [5.74, 6) is 0.696.